The fourth-order valence-electron chi connectivity index (χ4n) is 2.53. The van der Waals surface area contributed by atoms with Crippen LogP contribution in [0.2, 0.25) is 0 Å². The molecule has 0 saturated heterocycles. The molecule has 0 aliphatic rings. The van der Waals surface area contributed by atoms with E-state index in [4.69, 9.17) is 0 Å². The van der Waals surface area contributed by atoms with Crippen molar-refractivity contribution < 1.29 is 0 Å². The number of nitrogens with zero attached hydrogens (tertiary/aromatic N) is 3. The van der Waals surface area contributed by atoms with Crippen LogP contribution in [-0.4, -0.2) is 22.6 Å². The molecular formula is C18H27BrIN5. The molecule has 1 heterocycles. The van der Waals surface area contributed by atoms with Crippen molar-refractivity contribution in [1.29, 1.82) is 0 Å². The van der Waals surface area contributed by atoms with Crippen LogP contribution >= 0.6 is 39.9 Å². The molecule has 7 heteroatoms. The lowest BCUT2D eigenvalue weighted by molar-refractivity contribution is 0.503. The van der Waals surface area contributed by atoms with E-state index in [0.29, 0.717) is 12.5 Å². The van der Waals surface area contributed by atoms with Gasteiger partial charge in [0, 0.05) is 30.5 Å². The number of aliphatic imine (C=N–C) groups is 1. The van der Waals surface area contributed by atoms with Gasteiger partial charge in [0.15, 0.2) is 5.96 Å². The van der Waals surface area contributed by atoms with E-state index in [-0.39, 0.29) is 30.0 Å². The Balaban J connectivity index is 0.00000312. The van der Waals surface area contributed by atoms with Crippen molar-refractivity contribution in [1.82, 2.24) is 20.2 Å². The third-order valence-corrected chi connectivity index (χ3v) is 4.45. The van der Waals surface area contributed by atoms with E-state index in [0.717, 1.165) is 22.8 Å². The molecule has 0 aliphatic carbocycles. The first-order chi connectivity index (χ1) is 11.5. The minimum Gasteiger partial charge on any atom is -0.350 e. The van der Waals surface area contributed by atoms with Crippen LogP contribution in [0.15, 0.2) is 46.1 Å². The lowest BCUT2D eigenvalue weighted by Crippen LogP contribution is -2.38. The Kier molecular flexibility index (Phi) is 9.48. The number of benzene rings is 1. The average Bonchev–Trinajstić information content (AvgIpc) is 2.98. The maximum atomic E-state index is 4.44. The molecule has 0 fully saturated rings. The summed E-state index contributed by atoms with van der Waals surface area (Å²) in [7, 11) is 1.78. The van der Waals surface area contributed by atoms with E-state index < -0.39 is 0 Å². The number of nitrogens with one attached hydrogen (secondary N) is 2. The Morgan fingerprint density at radius 2 is 2.00 bits per heavy atom. The normalized spacial score (nSPS) is 12.6. The summed E-state index contributed by atoms with van der Waals surface area (Å²) in [4.78, 5) is 8.75. The maximum absolute atomic E-state index is 4.44. The Morgan fingerprint density at radius 1 is 1.28 bits per heavy atom. The van der Waals surface area contributed by atoms with Crippen LogP contribution in [0.1, 0.15) is 38.2 Å². The highest BCUT2D eigenvalue weighted by atomic mass is 127. The second-order valence-corrected chi connectivity index (χ2v) is 7.06. The largest absolute Gasteiger partial charge is 0.350 e. The number of aromatic nitrogens is 2. The molecule has 0 saturated carbocycles. The molecule has 0 aliphatic heterocycles. The minimum atomic E-state index is 0. The second-order valence-electron chi connectivity index (χ2n) is 6.20. The van der Waals surface area contributed by atoms with Crippen LogP contribution in [0.25, 0.3) is 0 Å². The molecule has 25 heavy (non-hydrogen) atoms. The molecular weight excluding hydrogens is 493 g/mol. The van der Waals surface area contributed by atoms with Crippen molar-refractivity contribution in [3.05, 3.63) is 52.5 Å². The predicted octanol–water partition coefficient (Wildman–Crippen LogP) is 4.35. The number of halogens is 2. The van der Waals surface area contributed by atoms with Crippen LogP contribution < -0.4 is 10.6 Å². The van der Waals surface area contributed by atoms with Crippen LogP contribution in [0.4, 0.5) is 0 Å². The summed E-state index contributed by atoms with van der Waals surface area (Å²) >= 11 is 3.60. The summed E-state index contributed by atoms with van der Waals surface area (Å²) in [6, 6.07) is 8.35. The Bertz CT molecular complexity index is 684. The number of rotatable bonds is 6. The van der Waals surface area contributed by atoms with Gasteiger partial charge in [0.05, 0.1) is 12.6 Å². The molecule has 2 rings (SSSR count). The summed E-state index contributed by atoms with van der Waals surface area (Å²) in [6.45, 7) is 8.14. The summed E-state index contributed by atoms with van der Waals surface area (Å²) < 4.78 is 3.27. The smallest absolute Gasteiger partial charge is 0.191 e. The lowest BCUT2D eigenvalue weighted by atomic mass is 10.1. The average molecular weight is 520 g/mol. The van der Waals surface area contributed by atoms with E-state index in [1.54, 1.807) is 7.05 Å². The third kappa shape index (κ3) is 6.62. The van der Waals surface area contributed by atoms with Crippen molar-refractivity contribution in [3.8, 4) is 0 Å². The number of hydrogen-bond acceptors (Lipinski definition) is 2. The SMILES string of the molecule is CN=C(NCc1nccn1CC(C)C)NC(C)c1ccccc1Br.I. The van der Waals surface area contributed by atoms with E-state index in [1.165, 1.54) is 5.56 Å². The Labute approximate surface area is 175 Å². The van der Waals surface area contributed by atoms with Gasteiger partial charge in [-0.1, -0.05) is 48.0 Å². The number of imidazole rings is 1. The predicted molar refractivity (Wildman–Crippen MR) is 118 cm³/mol. The molecule has 1 aromatic carbocycles. The Morgan fingerprint density at radius 3 is 2.64 bits per heavy atom. The quantitative estimate of drug-likeness (QED) is 0.339. The topological polar surface area (TPSA) is 54.2 Å². The minimum absolute atomic E-state index is 0. The van der Waals surface area contributed by atoms with Crippen molar-refractivity contribution in [2.45, 2.75) is 39.9 Å². The Hall–Kier alpha value is -1.09. The van der Waals surface area contributed by atoms with E-state index in [9.17, 15) is 0 Å². The van der Waals surface area contributed by atoms with Gasteiger partial charge in [-0.2, -0.15) is 0 Å². The fourth-order valence-corrected chi connectivity index (χ4v) is 3.16. The van der Waals surface area contributed by atoms with E-state index in [1.807, 2.05) is 30.6 Å². The second kappa shape index (κ2) is 10.8. The molecule has 1 aromatic heterocycles. The van der Waals surface area contributed by atoms with Crippen LogP contribution in [0.3, 0.4) is 0 Å². The molecule has 138 valence electrons. The lowest BCUT2D eigenvalue weighted by Gasteiger charge is -2.19. The molecule has 0 amide bonds. The summed E-state index contributed by atoms with van der Waals surface area (Å²) in [5.41, 5.74) is 1.20. The summed E-state index contributed by atoms with van der Waals surface area (Å²) in [5.74, 6) is 2.36. The maximum Gasteiger partial charge on any atom is 0.191 e. The van der Waals surface area contributed by atoms with Crippen LogP contribution in [0, 0.1) is 5.92 Å². The molecule has 2 aromatic rings. The van der Waals surface area contributed by atoms with Gasteiger partial charge in [-0.15, -0.1) is 24.0 Å². The van der Waals surface area contributed by atoms with Gasteiger partial charge in [0.1, 0.15) is 5.82 Å². The number of hydrogen-bond donors (Lipinski definition) is 2. The molecule has 1 atom stereocenters. The van der Waals surface area contributed by atoms with Gasteiger partial charge in [-0.3, -0.25) is 4.99 Å². The van der Waals surface area contributed by atoms with Crippen LogP contribution in [-0.2, 0) is 13.1 Å². The first-order valence-corrected chi connectivity index (χ1v) is 9.02. The molecule has 0 bridgehead atoms. The highest BCUT2D eigenvalue weighted by Gasteiger charge is 2.11. The monoisotopic (exact) mass is 519 g/mol. The van der Waals surface area contributed by atoms with Gasteiger partial charge >= 0.3 is 0 Å². The van der Waals surface area contributed by atoms with Gasteiger partial charge in [0.25, 0.3) is 0 Å². The zero-order chi connectivity index (χ0) is 17.5. The first-order valence-electron chi connectivity index (χ1n) is 8.23. The fraction of sp³-hybridized carbons (Fsp3) is 0.444. The van der Waals surface area contributed by atoms with Crippen molar-refractivity contribution in [2.24, 2.45) is 10.9 Å². The first kappa shape index (κ1) is 22.0. The summed E-state index contributed by atoms with van der Waals surface area (Å²) in [5, 5.41) is 6.76. The van der Waals surface area contributed by atoms with Crippen molar-refractivity contribution in [3.63, 3.8) is 0 Å². The van der Waals surface area contributed by atoms with Gasteiger partial charge in [-0.05, 0) is 24.5 Å². The highest BCUT2D eigenvalue weighted by Crippen LogP contribution is 2.22. The van der Waals surface area contributed by atoms with Crippen molar-refractivity contribution >= 4 is 45.9 Å². The zero-order valence-electron chi connectivity index (χ0n) is 15.2. The molecule has 0 spiro atoms. The van der Waals surface area contributed by atoms with Gasteiger partial charge in [-0.25, -0.2) is 4.98 Å². The van der Waals surface area contributed by atoms with Gasteiger partial charge in [0.2, 0.25) is 0 Å². The van der Waals surface area contributed by atoms with Crippen LogP contribution in [0.5, 0.6) is 0 Å². The molecule has 0 radical (unpaired) electrons. The van der Waals surface area contributed by atoms with E-state index >= 15 is 0 Å². The number of guanidine groups is 1. The van der Waals surface area contributed by atoms with Crippen molar-refractivity contribution in [2.75, 3.05) is 7.05 Å². The third-order valence-electron chi connectivity index (χ3n) is 3.73. The molecule has 2 N–H and O–H groups in total. The van der Waals surface area contributed by atoms with E-state index in [2.05, 4.69) is 67.9 Å². The summed E-state index contributed by atoms with van der Waals surface area (Å²) in [6.07, 6.45) is 3.87. The zero-order valence-corrected chi connectivity index (χ0v) is 19.1. The molecule has 1 unspecified atom stereocenters. The highest BCUT2D eigenvalue weighted by molar-refractivity contribution is 14.0. The van der Waals surface area contributed by atoms with Gasteiger partial charge < -0.3 is 15.2 Å². The standard InChI is InChI=1S/C18H26BrN5.HI/c1-13(2)12-24-10-9-21-17(24)11-22-18(20-4)23-14(3)15-7-5-6-8-16(15)19;/h5-10,13-14H,11-12H2,1-4H3,(H2,20,22,23);1H. The molecule has 5 nitrogen and oxygen atoms in total.